The quantitative estimate of drug-likeness (QED) is 0.693. The van der Waals surface area contributed by atoms with Crippen LogP contribution in [0.1, 0.15) is 6.92 Å². The molecule has 0 fully saturated rings. The van der Waals surface area contributed by atoms with E-state index in [0.29, 0.717) is 11.4 Å². The molecule has 1 unspecified atom stereocenters. The predicted octanol–water partition coefficient (Wildman–Crippen LogP) is 0.696. The number of carbonyl (C=O) groups is 2. The first kappa shape index (κ1) is 13.8. The fraction of sp³-hybridized carbons (Fsp3) is 0.333. The van der Waals surface area contributed by atoms with Gasteiger partial charge in [0.25, 0.3) is 5.91 Å². The number of anilines is 1. The molecule has 1 aromatic rings. The Morgan fingerprint density at radius 1 is 1.44 bits per heavy atom. The van der Waals surface area contributed by atoms with Gasteiger partial charge in [-0.3, -0.25) is 9.59 Å². The van der Waals surface area contributed by atoms with Gasteiger partial charge in [0.1, 0.15) is 11.8 Å². The predicted molar refractivity (Wildman–Crippen MR) is 66.7 cm³/mol. The second-order valence-corrected chi connectivity index (χ2v) is 3.69. The van der Waals surface area contributed by atoms with E-state index >= 15 is 0 Å². The Morgan fingerprint density at radius 2 is 2.17 bits per heavy atom. The second-order valence-electron chi connectivity index (χ2n) is 3.69. The maximum atomic E-state index is 11.0. The highest BCUT2D eigenvalue weighted by Crippen LogP contribution is 2.17. The van der Waals surface area contributed by atoms with Crippen molar-refractivity contribution in [2.75, 3.05) is 19.0 Å². The van der Waals surface area contributed by atoms with E-state index in [9.17, 15) is 9.59 Å². The van der Waals surface area contributed by atoms with Crippen molar-refractivity contribution in [1.29, 1.82) is 0 Å². The number of amides is 1. The molecule has 0 radical (unpaired) electrons. The summed E-state index contributed by atoms with van der Waals surface area (Å²) in [5.41, 5.74) is 0.624. The fourth-order valence-corrected chi connectivity index (χ4v) is 1.21. The second kappa shape index (κ2) is 6.48. The smallest absolute Gasteiger partial charge is 0.325 e. The van der Waals surface area contributed by atoms with E-state index < -0.39 is 12.0 Å². The third kappa shape index (κ3) is 4.32. The third-order valence-electron chi connectivity index (χ3n) is 2.24. The van der Waals surface area contributed by atoms with Gasteiger partial charge in [0.2, 0.25) is 0 Å². The van der Waals surface area contributed by atoms with Crippen LogP contribution in [0, 0.1) is 0 Å². The lowest BCUT2D eigenvalue weighted by Crippen LogP contribution is -2.26. The first-order chi connectivity index (χ1) is 8.52. The van der Waals surface area contributed by atoms with Gasteiger partial charge in [-0.15, -0.1) is 0 Å². The summed E-state index contributed by atoms with van der Waals surface area (Å²) in [4.78, 5) is 21.7. The van der Waals surface area contributed by atoms with E-state index in [1.54, 1.807) is 31.2 Å². The summed E-state index contributed by atoms with van der Waals surface area (Å²) in [5.74, 6) is -0.667. The van der Waals surface area contributed by atoms with Crippen LogP contribution in [0.15, 0.2) is 24.3 Å². The molecule has 0 saturated carbocycles. The van der Waals surface area contributed by atoms with E-state index in [-0.39, 0.29) is 12.5 Å². The minimum Gasteiger partial charge on any atom is -0.484 e. The molecule has 3 N–H and O–H groups in total. The minimum atomic E-state index is -0.938. The number of benzene rings is 1. The summed E-state index contributed by atoms with van der Waals surface area (Å²) in [6, 6.07) is 6.09. The first-order valence-electron chi connectivity index (χ1n) is 5.45. The van der Waals surface area contributed by atoms with Crippen LogP contribution < -0.4 is 15.4 Å². The summed E-state index contributed by atoms with van der Waals surface area (Å²) in [6.45, 7) is 1.47. The zero-order valence-electron chi connectivity index (χ0n) is 10.3. The minimum absolute atomic E-state index is 0.0750. The molecule has 1 aromatic carbocycles. The van der Waals surface area contributed by atoms with Gasteiger partial charge in [0, 0.05) is 18.8 Å². The summed E-state index contributed by atoms with van der Waals surface area (Å²) in [7, 11) is 1.53. The van der Waals surface area contributed by atoms with Crippen molar-refractivity contribution in [3.8, 4) is 5.75 Å². The van der Waals surface area contributed by atoms with Crippen molar-refractivity contribution in [3.63, 3.8) is 0 Å². The first-order valence-corrected chi connectivity index (χ1v) is 5.45. The van der Waals surface area contributed by atoms with E-state index in [2.05, 4.69) is 10.6 Å². The molecule has 0 heterocycles. The number of carbonyl (C=O) groups excluding carboxylic acids is 1. The van der Waals surface area contributed by atoms with E-state index in [4.69, 9.17) is 9.84 Å². The Labute approximate surface area is 105 Å². The Hall–Kier alpha value is -2.24. The van der Waals surface area contributed by atoms with Gasteiger partial charge in [0.05, 0.1) is 0 Å². The Balaban J connectivity index is 2.62. The maximum Gasteiger partial charge on any atom is 0.325 e. The Kier molecular flexibility index (Phi) is 4.98. The Bertz CT molecular complexity index is 434. The highest BCUT2D eigenvalue weighted by Gasteiger charge is 2.10. The van der Waals surface area contributed by atoms with Gasteiger partial charge in [-0.05, 0) is 19.1 Å². The number of nitrogens with one attached hydrogen (secondary N) is 2. The molecular weight excluding hydrogens is 236 g/mol. The lowest BCUT2D eigenvalue weighted by Gasteiger charge is -2.12. The van der Waals surface area contributed by atoms with Crippen LogP contribution in [0.25, 0.3) is 0 Å². The number of hydrogen-bond donors (Lipinski definition) is 3. The van der Waals surface area contributed by atoms with Crippen molar-refractivity contribution in [2.24, 2.45) is 0 Å². The van der Waals surface area contributed by atoms with Crippen LogP contribution in [0.5, 0.6) is 5.75 Å². The molecule has 0 spiro atoms. The molecule has 18 heavy (non-hydrogen) atoms. The largest absolute Gasteiger partial charge is 0.484 e. The van der Waals surface area contributed by atoms with Crippen molar-refractivity contribution in [2.45, 2.75) is 13.0 Å². The normalized spacial score (nSPS) is 11.4. The third-order valence-corrected chi connectivity index (χ3v) is 2.24. The van der Waals surface area contributed by atoms with Gasteiger partial charge < -0.3 is 20.5 Å². The van der Waals surface area contributed by atoms with Crippen molar-refractivity contribution >= 4 is 17.6 Å². The number of hydrogen-bond acceptors (Lipinski definition) is 4. The highest BCUT2D eigenvalue weighted by atomic mass is 16.5. The molecule has 0 bridgehead atoms. The van der Waals surface area contributed by atoms with Crippen molar-refractivity contribution in [3.05, 3.63) is 24.3 Å². The lowest BCUT2D eigenvalue weighted by molar-refractivity contribution is -0.137. The molecule has 0 saturated heterocycles. The number of likely N-dealkylation sites (N-methyl/N-ethyl adjacent to an activating group) is 1. The maximum absolute atomic E-state index is 11.0. The number of ether oxygens (including phenoxy) is 1. The number of carboxylic acid groups (broad SMARTS) is 1. The van der Waals surface area contributed by atoms with Crippen molar-refractivity contribution in [1.82, 2.24) is 5.32 Å². The SMILES string of the molecule is CNC(=O)COc1cccc(NC(C)C(=O)O)c1. The topological polar surface area (TPSA) is 87.7 Å². The zero-order chi connectivity index (χ0) is 13.5. The average molecular weight is 252 g/mol. The van der Waals surface area contributed by atoms with Crippen LogP contribution in [-0.2, 0) is 9.59 Å². The number of carboxylic acids is 1. The molecular formula is C12H16N2O4. The van der Waals surface area contributed by atoms with E-state index in [1.165, 1.54) is 7.05 Å². The molecule has 0 aliphatic heterocycles. The summed E-state index contributed by atoms with van der Waals surface area (Å²) < 4.78 is 5.24. The standard InChI is InChI=1S/C12H16N2O4/c1-8(12(16)17)14-9-4-3-5-10(6-9)18-7-11(15)13-2/h3-6,8,14H,7H2,1-2H3,(H,13,15)(H,16,17). The van der Waals surface area contributed by atoms with E-state index in [1.807, 2.05) is 0 Å². The number of rotatable bonds is 6. The highest BCUT2D eigenvalue weighted by molar-refractivity contribution is 5.77. The van der Waals surface area contributed by atoms with Crippen LogP contribution in [0.3, 0.4) is 0 Å². The molecule has 1 atom stereocenters. The Morgan fingerprint density at radius 3 is 2.78 bits per heavy atom. The van der Waals surface area contributed by atoms with Gasteiger partial charge in [-0.1, -0.05) is 6.07 Å². The number of aliphatic carboxylic acids is 1. The molecule has 6 heteroatoms. The van der Waals surface area contributed by atoms with Crippen LogP contribution in [0.2, 0.25) is 0 Å². The summed E-state index contributed by atoms with van der Waals surface area (Å²) in [5, 5.41) is 14.0. The molecule has 6 nitrogen and oxygen atoms in total. The van der Waals surface area contributed by atoms with Crippen LogP contribution in [-0.4, -0.2) is 36.7 Å². The van der Waals surface area contributed by atoms with E-state index in [0.717, 1.165) is 0 Å². The lowest BCUT2D eigenvalue weighted by atomic mass is 10.2. The summed E-state index contributed by atoms with van der Waals surface area (Å²) in [6.07, 6.45) is 0. The van der Waals surface area contributed by atoms with Gasteiger partial charge >= 0.3 is 5.97 Å². The summed E-state index contributed by atoms with van der Waals surface area (Å²) >= 11 is 0. The zero-order valence-corrected chi connectivity index (χ0v) is 10.3. The molecule has 1 amide bonds. The van der Waals surface area contributed by atoms with Gasteiger partial charge in [-0.25, -0.2) is 0 Å². The molecule has 1 rings (SSSR count). The molecule has 0 aliphatic rings. The molecule has 0 aliphatic carbocycles. The fourth-order valence-electron chi connectivity index (χ4n) is 1.21. The average Bonchev–Trinajstić information content (AvgIpc) is 2.36. The van der Waals surface area contributed by atoms with Gasteiger partial charge in [-0.2, -0.15) is 0 Å². The molecule has 0 aromatic heterocycles. The van der Waals surface area contributed by atoms with Crippen LogP contribution in [0.4, 0.5) is 5.69 Å². The van der Waals surface area contributed by atoms with Gasteiger partial charge in [0.15, 0.2) is 6.61 Å². The molecule has 98 valence electrons. The van der Waals surface area contributed by atoms with Crippen molar-refractivity contribution < 1.29 is 19.4 Å². The van der Waals surface area contributed by atoms with Crippen LogP contribution >= 0.6 is 0 Å². The monoisotopic (exact) mass is 252 g/mol.